The number of nitrogens with two attached hydrogens (primary N) is 1. The molecule has 0 fully saturated rings. The summed E-state index contributed by atoms with van der Waals surface area (Å²) >= 11 is 1.71. The molecule has 0 bridgehead atoms. The Morgan fingerprint density at radius 3 is 2.80 bits per heavy atom. The molecule has 2 aromatic heterocycles. The number of aryl methyl sites for hydroxylation is 2. The van der Waals surface area contributed by atoms with Crippen molar-refractivity contribution >= 4 is 22.3 Å². The van der Waals surface area contributed by atoms with Crippen molar-refractivity contribution in [1.82, 2.24) is 10.4 Å². The third kappa shape index (κ3) is 2.47. The topological polar surface area (TPSA) is 64.1 Å². The van der Waals surface area contributed by atoms with Gasteiger partial charge in [0.15, 0.2) is 0 Å². The van der Waals surface area contributed by atoms with Gasteiger partial charge in [0.2, 0.25) is 0 Å². The van der Waals surface area contributed by atoms with Crippen LogP contribution < -0.4 is 11.3 Å². The third-order valence-electron chi connectivity index (χ3n) is 3.44. The number of benzene rings is 1. The number of rotatable bonds is 4. The van der Waals surface area contributed by atoms with Crippen LogP contribution in [0.25, 0.3) is 11.0 Å². The molecule has 0 aliphatic rings. The monoisotopic (exact) mass is 287 g/mol. The van der Waals surface area contributed by atoms with Gasteiger partial charge in [0.05, 0.1) is 16.7 Å². The fourth-order valence-electron chi connectivity index (χ4n) is 2.22. The van der Waals surface area contributed by atoms with Crippen molar-refractivity contribution in [2.24, 2.45) is 5.84 Å². The normalized spacial score (nSPS) is 12.9. The number of fused-ring (bicyclic) bond motifs is 1. The van der Waals surface area contributed by atoms with Crippen molar-refractivity contribution in [1.29, 1.82) is 0 Å². The minimum absolute atomic E-state index is 0.0626. The Hall–Kier alpha value is -1.69. The van der Waals surface area contributed by atoms with Gasteiger partial charge in [-0.25, -0.2) is 10.4 Å². The smallest absolute Gasteiger partial charge is 0.134 e. The second kappa shape index (κ2) is 5.36. The van der Waals surface area contributed by atoms with Crippen LogP contribution in [-0.2, 0) is 6.42 Å². The van der Waals surface area contributed by atoms with Crippen LogP contribution in [0.1, 0.15) is 27.4 Å². The molecule has 3 N–H and O–H groups in total. The van der Waals surface area contributed by atoms with Crippen molar-refractivity contribution in [3.05, 3.63) is 51.7 Å². The lowest BCUT2D eigenvalue weighted by Gasteiger charge is -2.11. The minimum atomic E-state index is -0.0626. The predicted octanol–water partition coefficient (Wildman–Crippen LogP) is 3.25. The van der Waals surface area contributed by atoms with E-state index in [0.29, 0.717) is 0 Å². The van der Waals surface area contributed by atoms with Crippen molar-refractivity contribution in [3.63, 3.8) is 0 Å². The lowest BCUT2D eigenvalue weighted by atomic mass is 10.1. The number of furan rings is 1. The van der Waals surface area contributed by atoms with E-state index in [0.717, 1.165) is 33.9 Å². The van der Waals surface area contributed by atoms with Gasteiger partial charge in [-0.1, -0.05) is 18.2 Å². The summed E-state index contributed by atoms with van der Waals surface area (Å²) in [5.74, 6) is 6.53. The van der Waals surface area contributed by atoms with Gasteiger partial charge in [-0.3, -0.25) is 5.84 Å². The maximum atomic E-state index is 5.86. The number of nitrogens with zero attached hydrogens (tertiary/aromatic N) is 1. The average Bonchev–Trinajstić information content (AvgIpc) is 3.00. The molecular formula is C15H17N3OS. The highest BCUT2D eigenvalue weighted by molar-refractivity contribution is 7.11. The average molecular weight is 287 g/mol. The molecule has 1 atom stereocenters. The summed E-state index contributed by atoms with van der Waals surface area (Å²) in [7, 11) is 0. The standard InChI is InChI=1S/C15H17N3OS/c1-9-10(2)20-15(17-9)8-12(18-16)14-7-11-5-3-4-6-13(11)19-14/h3-7,12,18H,8,16H2,1-2H3. The Morgan fingerprint density at radius 1 is 1.35 bits per heavy atom. The zero-order valence-electron chi connectivity index (χ0n) is 11.5. The Morgan fingerprint density at radius 2 is 2.15 bits per heavy atom. The zero-order valence-corrected chi connectivity index (χ0v) is 12.3. The molecule has 4 nitrogen and oxygen atoms in total. The van der Waals surface area contributed by atoms with Crippen LogP contribution in [0.3, 0.4) is 0 Å². The molecule has 0 amide bonds. The highest BCUT2D eigenvalue weighted by atomic mass is 32.1. The van der Waals surface area contributed by atoms with Crippen LogP contribution in [0.5, 0.6) is 0 Å². The van der Waals surface area contributed by atoms with Gasteiger partial charge >= 0.3 is 0 Å². The molecule has 2 heterocycles. The van der Waals surface area contributed by atoms with Crippen LogP contribution in [-0.4, -0.2) is 4.98 Å². The summed E-state index contributed by atoms with van der Waals surface area (Å²) < 4.78 is 5.86. The van der Waals surface area contributed by atoms with Gasteiger partial charge in [0, 0.05) is 16.7 Å². The molecule has 0 aliphatic heterocycles. The Bertz CT molecular complexity index is 679. The van der Waals surface area contributed by atoms with Gasteiger partial charge in [-0.05, 0) is 26.0 Å². The van der Waals surface area contributed by atoms with Gasteiger partial charge in [-0.15, -0.1) is 11.3 Å². The van der Waals surface area contributed by atoms with Crippen molar-refractivity contribution in [2.75, 3.05) is 0 Å². The predicted molar refractivity (Wildman–Crippen MR) is 81.6 cm³/mol. The van der Waals surface area contributed by atoms with Crippen molar-refractivity contribution < 1.29 is 4.42 Å². The van der Waals surface area contributed by atoms with Crippen LogP contribution in [0.4, 0.5) is 0 Å². The number of nitrogens with one attached hydrogen (secondary N) is 1. The summed E-state index contributed by atoms with van der Waals surface area (Å²) in [4.78, 5) is 5.81. The second-order valence-corrected chi connectivity index (χ2v) is 6.15. The maximum absolute atomic E-state index is 5.86. The molecule has 0 spiro atoms. The molecular weight excluding hydrogens is 270 g/mol. The van der Waals surface area contributed by atoms with E-state index >= 15 is 0 Å². The molecule has 0 saturated heterocycles. The van der Waals surface area contributed by atoms with Crippen LogP contribution in [0.2, 0.25) is 0 Å². The quantitative estimate of drug-likeness (QED) is 0.571. The van der Waals surface area contributed by atoms with Crippen LogP contribution in [0, 0.1) is 13.8 Å². The van der Waals surface area contributed by atoms with E-state index < -0.39 is 0 Å². The lowest BCUT2D eigenvalue weighted by Crippen LogP contribution is -2.29. The molecule has 3 aromatic rings. The third-order valence-corrected chi connectivity index (χ3v) is 4.54. The first-order chi connectivity index (χ1) is 9.67. The summed E-state index contributed by atoms with van der Waals surface area (Å²) in [5, 5.41) is 2.16. The van der Waals surface area contributed by atoms with Gasteiger partial charge < -0.3 is 4.42 Å². The fourth-order valence-corrected chi connectivity index (χ4v) is 3.20. The zero-order chi connectivity index (χ0) is 14.1. The summed E-state index contributed by atoms with van der Waals surface area (Å²) in [5.41, 5.74) is 4.80. The molecule has 3 rings (SSSR count). The van der Waals surface area contributed by atoms with Crippen LogP contribution >= 0.6 is 11.3 Å². The summed E-state index contributed by atoms with van der Waals surface area (Å²) in [6.07, 6.45) is 0.732. The first kappa shape index (κ1) is 13.3. The number of hydrogen-bond acceptors (Lipinski definition) is 5. The lowest BCUT2D eigenvalue weighted by molar-refractivity contribution is 0.434. The van der Waals surface area contributed by atoms with E-state index in [-0.39, 0.29) is 6.04 Å². The first-order valence-corrected chi connectivity index (χ1v) is 7.36. The largest absolute Gasteiger partial charge is 0.459 e. The molecule has 104 valence electrons. The van der Waals surface area contributed by atoms with E-state index in [4.69, 9.17) is 10.3 Å². The van der Waals surface area contributed by atoms with Crippen LogP contribution in [0.15, 0.2) is 34.7 Å². The molecule has 1 unspecified atom stereocenters. The van der Waals surface area contributed by atoms with E-state index in [1.165, 1.54) is 4.88 Å². The highest BCUT2D eigenvalue weighted by Crippen LogP contribution is 2.27. The number of para-hydroxylation sites is 1. The summed E-state index contributed by atoms with van der Waals surface area (Å²) in [6.45, 7) is 4.12. The molecule has 0 saturated carbocycles. The minimum Gasteiger partial charge on any atom is -0.459 e. The molecule has 0 aliphatic carbocycles. The molecule has 0 radical (unpaired) electrons. The van der Waals surface area contributed by atoms with Gasteiger partial charge in [0.1, 0.15) is 11.3 Å². The van der Waals surface area contributed by atoms with E-state index in [2.05, 4.69) is 17.3 Å². The fraction of sp³-hybridized carbons (Fsp3) is 0.267. The summed E-state index contributed by atoms with van der Waals surface area (Å²) in [6, 6.07) is 9.94. The molecule has 20 heavy (non-hydrogen) atoms. The maximum Gasteiger partial charge on any atom is 0.134 e. The number of thiazole rings is 1. The molecule has 5 heteroatoms. The van der Waals surface area contributed by atoms with Gasteiger partial charge in [-0.2, -0.15) is 0 Å². The number of hydrogen-bond donors (Lipinski definition) is 2. The van der Waals surface area contributed by atoms with E-state index in [1.54, 1.807) is 11.3 Å². The van der Waals surface area contributed by atoms with Crippen molar-refractivity contribution in [3.8, 4) is 0 Å². The highest BCUT2D eigenvalue weighted by Gasteiger charge is 2.17. The van der Waals surface area contributed by atoms with E-state index in [9.17, 15) is 0 Å². The van der Waals surface area contributed by atoms with Gasteiger partial charge in [0.25, 0.3) is 0 Å². The first-order valence-electron chi connectivity index (χ1n) is 6.55. The van der Waals surface area contributed by atoms with E-state index in [1.807, 2.05) is 37.3 Å². The Kier molecular flexibility index (Phi) is 3.56. The SMILES string of the molecule is Cc1nc(CC(NN)c2cc3ccccc3o2)sc1C. The second-order valence-electron chi connectivity index (χ2n) is 4.86. The number of hydrazine groups is 1. The Balaban J connectivity index is 1.89. The Labute approximate surface area is 121 Å². The van der Waals surface area contributed by atoms with Crippen molar-refractivity contribution in [2.45, 2.75) is 26.3 Å². The number of aromatic nitrogens is 1. The molecule has 1 aromatic carbocycles.